The Hall–Kier alpha value is -4.05. The Balaban J connectivity index is 1.59. The predicted octanol–water partition coefficient (Wildman–Crippen LogP) is 6.26. The number of aromatic nitrogens is 2. The van der Waals surface area contributed by atoms with Crippen molar-refractivity contribution in [3.8, 4) is 5.75 Å². The number of amides is 1. The van der Waals surface area contributed by atoms with Gasteiger partial charge in [0.1, 0.15) is 34.2 Å². The van der Waals surface area contributed by atoms with Crippen molar-refractivity contribution >= 4 is 35.1 Å². The van der Waals surface area contributed by atoms with Crippen LogP contribution < -0.4 is 20.7 Å². The molecule has 4 aromatic rings. The summed E-state index contributed by atoms with van der Waals surface area (Å²) in [6.45, 7) is 4.37. The van der Waals surface area contributed by atoms with Crippen LogP contribution in [-0.4, -0.2) is 29.0 Å². The summed E-state index contributed by atoms with van der Waals surface area (Å²) in [4.78, 5) is 23.3. The van der Waals surface area contributed by atoms with Crippen LogP contribution >= 0.6 is 11.8 Å². The van der Waals surface area contributed by atoms with Crippen molar-refractivity contribution in [2.75, 3.05) is 17.7 Å². The molecule has 0 fully saturated rings. The van der Waals surface area contributed by atoms with E-state index in [0.717, 1.165) is 10.6 Å². The minimum absolute atomic E-state index is 0.188. The SMILES string of the molecule is COc1ccc(Sc2cc(Nc3cccc(F)c3)nc(N[C@@H](CC(C)C)C(=O)NCc3ccco3)n2)cc1. The molecule has 0 aliphatic heterocycles. The summed E-state index contributed by atoms with van der Waals surface area (Å²) in [6.07, 6.45) is 2.13. The molecule has 0 aliphatic rings. The first-order chi connectivity index (χ1) is 18.4. The number of ether oxygens (including phenoxy) is 1. The molecule has 0 radical (unpaired) electrons. The number of hydrogen-bond donors (Lipinski definition) is 3. The maximum absolute atomic E-state index is 13.8. The lowest BCUT2D eigenvalue weighted by Gasteiger charge is -2.20. The highest BCUT2D eigenvalue weighted by Crippen LogP contribution is 2.31. The van der Waals surface area contributed by atoms with E-state index in [-0.39, 0.29) is 30.1 Å². The van der Waals surface area contributed by atoms with Gasteiger partial charge in [0.15, 0.2) is 0 Å². The van der Waals surface area contributed by atoms with Crippen molar-refractivity contribution in [2.45, 2.75) is 42.8 Å². The second kappa shape index (κ2) is 13.0. The Morgan fingerprint density at radius 2 is 1.89 bits per heavy atom. The monoisotopic (exact) mass is 535 g/mol. The van der Waals surface area contributed by atoms with Crippen molar-refractivity contribution in [3.05, 3.63) is 84.6 Å². The molecule has 0 saturated carbocycles. The first-order valence-electron chi connectivity index (χ1n) is 12.2. The van der Waals surface area contributed by atoms with E-state index in [9.17, 15) is 9.18 Å². The molecule has 8 nitrogen and oxygen atoms in total. The van der Waals surface area contributed by atoms with E-state index in [1.807, 2.05) is 38.1 Å². The minimum atomic E-state index is -0.576. The quantitative estimate of drug-likeness (QED) is 0.183. The molecule has 0 spiro atoms. The molecule has 38 heavy (non-hydrogen) atoms. The second-order valence-corrected chi connectivity index (χ2v) is 10.0. The molecule has 3 N–H and O–H groups in total. The molecular weight excluding hydrogens is 505 g/mol. The third-order valence-corrected chi connectivity index (χ3v) is 6.35. The predicted molar refractivity (Wildman–Crippen MR) is 146 cm³/mol. The molecule has 2 aromatic carbocycles. The van der Waals surface area contributed by atoms with Crippen molar-refractivity contribution in [2.24, 2.45) is 5.92 Å². The highest BCUT2D eigenvalue weighted by Gasteiger charge is 2.22. The number of halogens is 1. The van der Waals surface area contributed by atoms with E-state index in [0.29, 0.717) is 28.7 Å². The van der Waals surface area contributed by atoms with Crippen molar-refractivity contribution in [3.63, 3.8) is 0 Å². The summed E-state index contributed by atoms with van der Waals surface area (Å²) in [7, 11) is 1.62. The van der Waals surface area contributed by atoms with Gasteiger partial charge in [-0.05, 0) is 66.9 Å². The fraction of sp³-hybridized carbons (Fsp3) is 0.250. The highest BCUT2D eigenvalue weighted by atomic mass is 32.2. The summed E-state index contributed by atoms with van der Waals surface area (Å²) < 4.78 is 24.4. The summed E-state index contributed by atoms with van der Waals surface area (Å²) in [5, 5.41) is 9.90. The highest BCUT2D eigenvalue weighted by molar-refractivity contribution is 7.99. The Kier molecular flexibility index (Phi) is 9.21. The van der Waals surface area contributed by atoms with Gasteiger partial charge >= 0.3 is 0 Å². The zero-order valence-corrected chi connectivity index (χ0v) is 22.2. The fourth-order valence-electron chi connectivity index (χ4n) is 3.65. The normalized spacial score (nSPS) is 11.7. The number of benzene rings is 2. The second-order valence-electron chi connectivity index (χ2n) is 8.95. The maximum atomic E-state index is 13.8. The van der Waals surface area contributed by atoms with Gasteiger partial charge in [-0.2, -0.15) is 4.98 Å². The zero-order chi connectivity index (χ0) is 26.9. The molecule has 10 heteroatoms. The number of rotatable bonds is 12. The molecule has 1 amide bonds. The van der Waals surface area contributed by atoms with Crippen molar-refractivity contribution < 1.29 is 18.3 Å². The van der Waals surface area contributed by atoms with Gasteiger partial charge < -0.3 is 25.1 Å². The first kappa shape index (κ1) is 27.0. The van der Waals surface area contributed by atoms with Gasteiger partial charge in [-0.15, -0.1) is 0 Å². The molecule has 2 heterocycles. The van der Waals surface area contributed by atoms with Crippen LogP contribution in [0.3, 0.4) is 0 Å². The number of hydrogen-bond acceptors (Lipinski definition) is 8. The van der Waals surface area contributed by atoms with Gasteiger partial charge in [-0.1, -0.05) is 31.7 Å². The van der Waals surface area contributed by atoms with E-state index >= 15 is 0 Å². The number of carbonyl (C=O) groups is 1. The van der Waals surface area contributed by atoms with E-state index in [1.54, 1.807) is 43.7 Å². The Bertz CT molecular complexity index is 1330. The van der Waals surface area contributed by atoms with Crippen LogP contribution in [0.1, 0.15) is 26.0 Å². The molecule has 1 atom stereocenters. The number of furan rings is 1. The lowest BCUT2D eigenvalue weighted by molar-refractivity contribution is -0.122. The maximum Gasteiger partial charge on any atom is 0.242 e. The molecule has 4 rings (SSSR count). The first-order valence-corrected chi connectivity index (χ1v) is 13.0. The largest absolute Gasteiger partial charge is 0.497 e. The smallest absolute Gasteiger partial charge is 0.242 e. The van der Waals surface area contributed by atoms with Crippen LogP contribution in [0, 0.1) is 11.7 Å². The van der Waals surface area contributed by atoms with Gasteiger partial charge in [0.2, 0.25) is 11.9 Å². The van der Waals surface area contributed by atoms with Crippen LogP contribution in [0.4, 0.5) is 21.8 Å². The van der Waals surface area contributed by atoms with E-state index in [1.165, 1.54) is 23.9 Å². The third-order valence-electron chi connectivity index (χ3n) is 5.43. The summed E-state index contributed by atoms with van der Waals surface area (Å²) in [5.41, 5.74) is 0.546. The average Bonchev–Trinajstić information content (AvgIpc) is 3.41. The van der Waals surface area contributed by atoms with Crippen molar-refractivity contribution in [1.29, 1.82) is 0 Å². The zero-order valence-electron chi connectivity index (χ0n) is 21.4. The number of nitrogens with one attached hydrogen (secondary N) is 3. The summed E-state index contributed by atoms with van der Waals surface area (Å²) in [6, 6.07) is 18.5. The Labute approximate surface area is 225 Å². The van der Waals surface area contributed by atoms with E-state index < -0.39 is 6.04 Å². The molecule has 0 aliphatic carbocycles. The molecule has 0 unspecified atom stereocenters. The number of methoxy groups -OCH3 is 1. The average molecular weight is 536 g/mol. The molecule has 198 valence electrons. The topological polar surface area (TPSA) is 101 Å². The van der Waals surface area contributed by atoms with Crippen LogP contribution in [-0.2, 0) is 11.3 Å². The van der Waals surface area contributed by atoms with Gasteiger partial charge in [0.25, 0.3) is 0 Å². The van der Waals surface area contributed by atoms with Crippen LogP contribution in [0.5, 0.6) is 5.75 Å². The minimum Gasteiger partial charge on any atom is -0.497 e. The fourth-order valence-corrected chi connectivity index (χ4v) is 4.47. The van der Waals surface area contributed by atoms with Crippen molar-refractivity contribution in [1.82, 2.24) is 15.3 Å². The van der Waals surface area contributed by atoms with E-state index in [4.69, 9.17) is 9.15 Å². The van der Waals surface area contributed by atoms with Gasteiger partial charge in [-0.25, -0.2) is 9.37 Å². The molecule has 0 bridgehead atoms. The summed E-state index contributed by atoms with van der Waals surface area (Å²) in [5.74, 6) is 1.85. The van der Waals surface area contributed by atoms with E-state index in [2.05, 4.69) is 25.9 Å². The lowest BCUT2D eigenvalue weighted by atomic mass is 10.0. The molecule has 2 aromatic heterocycles. The Morgan fingerprint density at radius 1 is 1.08 bits per heavy atom. The van der Waals surface area contributed by atoms with Gasteiger partial charge in [0, 0.05) is 16.6 Å². The van der Waals surface area contributed by atoms with Gasteiger partial charge in [0.05, 0.1) is 19.9 Å². The number of anilines is 3. The third kappa shape index (κ3) is 7.97. The lowest BCUT2D eigenvalue weighted by Crippen LogP contribution is -2.40. The number of nitrogens with zero attached hydrogens (tertiary/aromatic N) is 2. The van der Waals surface area contributed by atoms with Crippen LogP contribution in [0.25, 0.3) is 0 Å². The van der Waals surface area contributed by atoms with Crippen LogP contribution in [0.15, 0.2) is 87.3 Å². The Morgan fingerprint density at radius 3 is 2.58 bits per heavy atom. The van der Waals surface area contributed by atoms with Crippen LogP contribution in [0.2, 0.25) is 0 Å². The number of carbonyl (C=O) groups excluding carboxylic acids is 1. The summed E-state index contributed by atoms with van der Waals surface area (Å²) >= 11 is 1.43. The molecule has 0 saturated heterocycles. The standard InChI is InChI=1S/C28H30FN5O3S/c1-18(2)14-24(27(35)30-17-22-8-5-13-37-22)32-28-33-25(31-20-7-4-6-19(29)15-20)16-26(34-28)38-23-11-9-21(36-3)10-12-23/h4-13,15-16,18,24H,14,17H2,1-3H3,(H,30,35)(H2,31,32,33,34)/t24-/m0/s1. The van der Waals surface area contributed by atoms with Gasteiger partial charge in [-0.3, -0.25) is 4.79 Å². The molecular formula is C28H30FN5O3S.